The molecule has 0 spiro atoms. The van der Waals surface area contributed by atoms with E-state index in [0.29, 0.717) is 0 Å². The van der Waals surface area contributed by atoms with Gasteiger partial charge in [0.1, 0.15) is 5.75 Å². The van der Waals surface area contributed by atoms with Gasteiger partial charge in [-0.1, -0.05) is 12.1 Å². The van der Waals surface area contributed by atoms with Gasteiger partial charge in [0.05, 0.1) is 13.7 Å². The number of amides is 1. The van der Waals surface area contributed by atoms with Crippen LogP contribution in [0.4, 0.5) is 11.4 Å². The summed E-state index contributed by atoms with van der Waals surface area (Å²) in [6.45, 7) is 4.25. The molecule has 21 heavy (non-hydrogen) atoms. The van der Waals surface area contributed by atoms with Gasteiger partial charge in [-0.3, -0.25) is 4.79 Å². The van der Waals surface area contributed by atoms with Crippen LogP contribution in [0.1, 0.15) is 11.1 Å². The number of benzene rings is 2. The normalized spacial score (nSPS) is 10.0. The second-order valence-electron chi connectivity index (χ2n) is 4.88. The Balaban J connectivity index is 1.91. The van der Waals surface area contributed by atoms with E-state index in [0.717, 1.165) is 28.3 Å². The predicted octanol–water partition coefficient (Wildman–Crippen LogP) is 3.36. The third-order valence-electron chi connectivity index (χ3n) is 3.42. The topological polar surface area (TPSA) is 50.4 Å². The number of carbonyl (C=O) groups is 1. The molecule has 2 aromatic rings. The minimum Gasteiger partial charge on any atom is -0.497 e. The van der Waals surface area contributed by atoms with E-state index in [-0.39, 0.29) is 12.5 Å². The van der Waals surface area contributed by atoms with Crippen LogP contribution in [0.2, 0.25) is 0 Å². The summed E-state index contributed by atoms with van der Waals surface area (Å²) < 4.78 is 5.09. The largest absolute Gasteiger partial charge is 0.497 e. The van der Waals surface area contributed by atoms with Crippen LogP contribution in [0, 0.1) is 13.8 Å². The monoisotopic (exact) mass is 284 g/mol. The highest BCUT2D eigenvalue weighted by atomic mass is 16.5. The molecule has 0 aliphatic carbocycles. The molecule has 2 aromatic carbocycles. The molecule has 2 rings (SSSR count). The maximum Gasteiger partial charge on any atom is 0.243 e. The first-order valence-corrected chi connectivity index (χ1v) is 6.84. The Morgan fingerprint density at radius 1 is 1.10 bits per heavy atom. The summed E-state index contributed by atoms with van der Waals surface area (Å²) in [5.74, 6) is 0.722. The molecule has 0 bridgehead atoms. The van der Waals surface area contributed by atoms with Gasteiger partial charge < -0.3 is 15.4 Å². The van der Waals surface area contributed by atoms with Crippen molar-refractivity contribution in [3.63, 3.8) is 0 Å². The fourth-order valence-corrected chi connectivity index (χ4v) is 1.97. The molecular weight excluding hydrogens is 264 g/mol. The van der Waals surface area contributed by atoms with Gasteiger partial charge in [0.15, 0.2) is 0 Å². The Morgan fingerprint density at radius 3 is 2.48 bits per heavy atom. The van der Waals surface area contributed by atoms with Crippen LogP contribution >= 0.6 is 0 Å². The lowest BCUT2D eigenvalue weighted by Gasteiger charge is -2.11. The molecular formula is C17H20N2O2. The molecule has 0 aliphatic heterocycles. The predicted molar refractivity (Wildman–Crippen MR) is 86.0 cm³/mol. The molecule has 0 aliphatic rings. The zero-order chi connectivity index (χ0) is 15.2. The van der Waals surface area contributed by atoms with E-state index in [2.05, 4.69) is 10.6 Å². The number of hydrogen-bond donors (Lipinski definition) is 2. The van der Waals surface area contributed by atoms with Gasteiger partial charge in [0.25, 0.3) is 0 Å². The van der Waals surface area contributed by atoms with E-state index in [1.165, 1.54) is 0 Å². The Kier molecular flexibility index (Phi) is 4.82. The molecule has 0 saturated heterocycles. The van der Waals surface area contributed by atoms with Crippen LogP contribution in [0.5, 0.6) is 5.75 Å². The number of hydrogen-bond acceptors (Lipinski definition) is 3. The molecule has 0 aromatic heterocycles. The van der Waals surface area contributed by atoms with Crippen molar-refractivity contribution in [2.75, 3.05) is 24.3 Å². The Bertz CT molecular complexity index is 621. The number of nitrogens with one attached hydrogen (secondary N) is 2. The summed E-state index contributed by atoms with van der Waals surface area (Å²) in [5.41, 5.74) is 4.00. The van der Waals surface area contributed by atoms with E-state index in [4.69, 9.17) is 4.74 Å². The van der Waals surface area contributed by atoms with Gasteiger partial charge in [0, 0.05) is 11.4 Å². The minimum absolute atomic E-state index is 0.0699. The van der Waals surface area contributed by atoms with Crippen LogP contribution in [0.3, 0.4) is 0 Å². The lowest BCUT2D eigenvalue weighted by molar-refractivity contribution is -0.114. The summed E-state index contributed by atoms with van der Waals surface area (Å²) in [6, 6.07) is 13.3. The Labute approximate surface area is 125 Å². The van der Waals surface area contributed by atoms with Crippen molar-refractivity contribution in [3.05, 3.63) is 53.6 Å². The van der Waals surface area contributed by atoms with Gasteiger partial charge in [-0.15, -0.1) is 0 Å². The van der Waals surface area contributed by atoms with Crippen molar-refractivity contribution in [2.24, 2.45) is 0 Å². The highest BCUT2D eigenvalue weighted by Crippen LogP contribution is 2.18. The highest BCUT2D eigenvalue weighted by molar-refractivity contribution is 5.94. The standard InChI is InChI=1S/C17H20N2O2/c1-12-5-4-6-16(13(12)2)19-17(20)11-18-14-7-9-15(21-3)10-8-14/h4-10,18H,11H2,1-3H3,(H,19,20). The third-order valence-corrected chi connectivity index (χ3v) is 3.42. The van der Waals surface area contributed by atoms with E-state index < -0.39 is 0 Å². The molecule has 0 radical (unpaired) electrons. The first-order valence-electron chi connectivity index (χ1n) is 6.84. The molecule has 0 atom stereocenters. The Morgan fingerprint density at radius 2 is 1.81 bits per heavy atom. The van der Waals surface area contributed by atoms with Crippen LogP contribution in [-0.2, 0) is 4.79 Å². The van der Waals surface area contributed by atoms with E-state index in [1.807, 2.05) is 56.3 Å². The molecule has 0 saturated carbocycles. The van der Waals surface area contributed by atoms with Crippen LogP contribution < -0.4 is 15.4 Å². The highest BCUT2D eigenvalue weighted by Gasteiger charge is 2.05. The van der Waals surface area contributed by atoms with E-state index in [9.17, 15) is 4.79 Å². The lowest BCUT2D eigenvalue weighted by Crippen LogP contribution is -2.22. The fraction of sp³-hybridized carbons (Fsp3) is 0.235. The van der Waals surface area contributed by atoms with E-state index >= 15 is 0 Å². The summed E-state index contributed by atoms with van der Waals surface area (Å²) in [5, 5.41) is 6.00. The molecule has 0 unspecified atom stereocenters. The van der Waals surface area contributed by atoms with Gasteiger partial charge >= 0.3 is 0 Å². The molecule has 0 fully saturated rings. The molecule has 4 nitrogen and oxygen atoms in total. The average molecular weight is 284 g/mol. The number of anilines is 2. The summed E-state index contributed by atoms with van der Waals surface area (Å²) in [7, 11) is 1.63. The van der Waals surface area contributed by atoms with Crippen molar-refractivity contribution in [3.8, 4) is 5.75 Å². The maximum absolute atomic E-state index is 12.0. The van der Waals surface area contributed by atoms with Crippen LogP contribution in [0.25, 0.3) is 0 Å². The zero-order valence-electron chi connectivity index (χ0n) is 12.6. The number of carbonyl (C=O) groups excluding carboxylic acids is 1. The van der Waals surface area contributed by atoms with Gasteiger partial charge in [0.2, 0.25) is 5.91 Å². The second-order valence-corrected chi connectivity index (χ2v) is 4.88. The first-order chi connectivity index (χ1) is 10.1. The minimum atomic E-state index is -0.0699. The maximum atomic E-state index is 12.0. The van der Waals surface area contributed by atoms with Gasteiger partial charge in [-0.2, -0.15) is 0 Å². The summed E-state index contributed by atoms with van der Waals surface area (Å²) >= 11 is 0. The molecule has 0 heterocycles. The van der Waals surface area contributed by atoms with Crippen molar-refractivity contribution in [1.29, 1.82) is 0 Å². The fourth-order valence-electron chi connectivity index (χ4n) is 1.97. The summed E-state index contributed by atoms with van der Waals surface area (Å²) in [4.78, 5) is 12.0. The quantitative estimate of drug-likeness (QED) is 0.885. The van der Waals surface area contributed by atoms with Crippen LogP contribution in [-0.4, -0.2) is 19.6 Å². The zero-order valence-corrected chi connectivity index (χ0v) is 12.6. The van der Waals surface area contributed by atoms with Crippen molar-refractivity contribution >= 4 is 17.3 Å². The number of methoxy groups -OCH3 is 1. The molecule has 110 valence electrons. The number of aryl methyl sites for hydroxylation is 1. The number of rotatable bonds is 5. The van der Waals surface area contributed by atoms with Crippen molar-refractivity contribution in [2.45, 2.75) is 13.8 Å². The molecule has 1 amide bonds. The van der Waals surface area contributed by atoms with Crippen molar-refractivity contribution in [1.82, 2.24) is 0 Å². The van der Waals surface area contributed by atoms with E-state index in [1.54, 1.807) is 7.11 Å². The van der Waals surface area contributed by atoms with Gasteiger partial charge in [-0.25, -0.2) is 0 Å². The average Bonchev–Trinajstić information content (AvgIpc) is 2.50. The van der Waals surface area contributed by atoms with Crippen LogP contribution in [0.15, 0.2) is 42.5 Å². The third kappa shape index (κ3) is 3.99. The molecule has 2 N–H and O–H groups in total. The smallest absolute Gasteiger partial charge is 0.243 e. The Hall–Kier alpha value is -2.49. The SMILES string of the molecule is COc1ccc(NCC(=O)Nc2cccc(C)c2C)cc1. The molecule has 4 heteroatoms. The lowest BCUT2D eigenvalue weighted by atomic mass is 10.1. The number of ether oxygens (including phenoxy) is 1. The second kappa shape index (κ2) is 6.79. The first kappa shape index (κ1) is 14.9. The van der Waals surface area contributed by atoms with Crippen molar-refractivity contribution < 1.29 is 9.53 Å². The summed E-state index contributed by atoms with van der Waals surface area (Å²) in [6.07, 6.45) is 0. The van der Waals surface area contributed by atoms with Gasteiger partial charge in [-0.05, 0) is 55.3 Å².